The van der Waals surface area contributed by atoms with E-state index < -0.39 is 59.4 Å². The molecule has 0 aromatic carbocycles. The van der Waals surface area contributed by atoms with E-state index in [0.29, 0.717) is 22.9 Å². The Labute approximate surface area is 239 Å². The van der Waals surface area contributed by atoms with Crippen LogP contribution in [0.2, 0.25) is 0 Å². The number of hydrogen-bond donors (Lipinski definition) is 5. The molecule has 2 aliphatic rings. The molecule has 2 aliphatic heterocycles. The number of aliphatic carboxylic acids is 1. The van der Waals surface area contributed by atoms with Gasteiger partial charge < -0.3 is 31.8 Å². The standard InChI is InChI=1S/C20H20F5N9O6S2/c21-19(22,20(23,24)25)7-40-30-10(13-29-18(27)42-31-13)14(36)28-11-15(37)34-12(17(38)39)8(6-41-16(11)34)5-32-2-1-9(26)33(32)3-4-35/h1-2,11,16,26,35H,3-7H2,(H4,27,28,29,31,36,38,39)/p+1/t11-,16-/m1/s1. The quantitative estimate of drug-likeness (QED) is 0.0668. The van der Waals surface area contributed by atoms with Crippen LogP contribution in [0.3, 0.4) is 0 Å². The number of nitrogens with zero attached hydrogens (tertiary/aromatic N) is 6. The maximum atomic E-state index is 13.2. The van der Waals surface area contributed by atoms with Gasteiger partial charge in [0.1, 0.15) is 23.7 Å². The van der Waals surface area contributed by atoms with Gasteiger partial charge in [-0.3, -0.25) is 14.5 Å². The van der Waals surface area contributed by atoms with Crippen LogP contribution in [-0.2, 0) is 32.3 Å². The molecule has 7 N–H and O–H groups in total. The lowest BCUT2D eigenvalue weighted by Gasteiger charge is -2.49. The number of carboxylic acid groups (broad SMARTS) is 1. The number of hydrogen-bond acceptors (Lipinski definition) is 12. The summed E-state index contributed by atoms with van der Waals surface area (Å²) in [6, 6.07) is 0.214. The average Bonchev–Trinajstić information content (AvgIpc) is 3.49. The van der Waals surface area contributed by atoms with Crippen LogP contribution in [0.15, 0.2) is 28.7 Å². The number of carbonyl (C=O) groups excluding carboxylic acids is 2. The van der Waals surface area contributed by atoms with Crippen molar-refractivity contribution in [3.63, 3.8) is 0 Å². The van der Waals surface area contributed by atoms with E-state index in [2.05, 4.69) is 24.7 Å². The summed E-state index contributed by atoms with van der Waals surface area (Å²) in [7, 11) is 0. The van der Waals surface area contributed by atoms with Crippen LogP contribution < -0.4 is 21.5 Å². The van der Waals surface area contributed by atoms with Gasteiger partial charge in [-0.15, -0.1) is 21.1 Å². The average molecular weight is 643 g/mol. The number of amides is 2. The SMILES string of the molecule is Nc1nc(C(=NOCC(F)(F)C(F)(F)F)C(=O)N[C@@H]2C(=O)N3C(C(=O)O)=C(C[n+]4ccc(N)n4CCO)CS[C@H]23)ns1. The number of nitrogen functional groups attached to an aromatic ring is 2. The molecule has 1 saturated heterocycles. The second-order valence-electron chi connectivity index (χ2n) is 8.67. The van der Waals surface area contributed by atoms with Gasteiger partial charge in [-0.2, -0.15) is 31.3 Å². The fourth-order valence-corrected chi connectivity index (χ4v) is 5.72. The Balaban J connectivity index is 1.53. The van der Waals surface area contributed by atoms with Crippen LogP contribution >= 0.6 is 23.3 Å². The lowest BCUT2D eigenvalue weighted by molar-refractivity contribution is -0.767. The highest BCUT2D eigenvalue weighted by atomic mass is 32.2. The summed E-state index contributed by atoms with van der Waals surface area (Å²) in [4.78, 5) is 46.9. The highest BCUT2D eigenvalue weighted by molar-refractivity contribution is 8.00. The van der Waals surface area contributed by atoms with Gasteiger partial charge in [0.25, 0.3) is 11.8 Å². The maximum absolute atomic E-state index is 13.2. The van der Waals surface area contributed by atoms with Crippen molar-refractivity contribution >= 4 is 57.7 Å². The van der Waals surface area contributed by atoms with E-state index in [1.54, 1.807) is 16.9 Å². The van der Waals surface area contributed by atoms with Gasteiger partial charge in [0.05, 0.1) is 12.7 Å². The van der Waals surface area contributed by atoms with E-state index in [9.17, 15) is 46.5 Å². The second kappa shape index (κ2) is 11.7. The van der Waals surface area contributed by atoms with Crippen molar-refractivity contribution in [3.05, 3.63) is 29.4 Å². The van der Waals surface area contributed by atoms with Crippen molar-refractivity contribution in [2.75, 3.05) is 30.4 Å². The fraction of sp³-hybridized carbons (Fsp3) is 0.450. The summed E-state index contributed by atoms with van der Waals surface area (Å²) in [6.07, 6.45) is -4.38. The number of anilines is 2. The molecule has 2 amide bonds. The first-order valence-corrected chi connectivity index (χ1v) is 13.4. The Morgan fingerprint density at radius 2 is 2.00 bits per heavy atom. The molecule has 0 aliphatic carbocycles. The number of aromatic nitrogens is 4. The molecule has 15 nitrogen and oxygen atoms in total. The summed E-state index contributed by atoms with van der Waals surface area (Å²) >= 11 is 1.66. The Bertz CT molecular complexity index is 1460. The summed E-state index contributed by atoms with van der Waals surface area (Å²) in [5.41, 5.74) is 10.4. The molecule has 228 valence electrons. The third-order valence-electron chi connectivity index (χ3n) is 5.91. The molecule has 0 bridgehead atoms. The summed E-state index contributed by atoms with van der Waals surface area (Å²) in [5, 5.41) is 23.4. The zero-order valence-corrected chi connectivity index (χ0v) is 22.5. The molecule has 2 atom stereocenters. The monoisotopic (exact) mass is 642 g/mol. The lowest BCUT2D eigenvalue weighted by Crippen LogP contribution is -2.71. The van der Waals surface area contributed by atoms with Gasteiger partial charge in [0.15, 0.2) is 30.3 Å². The summed E-state index contributed by atoms with van der Waals surface area (Å²) in [6.45, 7) is -2.37. The normalized spacial score (nSPS) is 19.4. The van der Waals surface area contributed by atoms with E-state index in [-0.39, 0.29) is 36.3 Å². The van der Waals surface area contributed by atoms with Crippen molar-refractivity contribution in [1.29, 1.82) is 0 Å². The number of aliphatic hydroxyl groups is 1. The highest BCUT2D eigenvalue weighted by Crippen LogP contribution is 2.40. The molecule has 4 rings (SSSR count). The van der Waals surface area contributed by atoms with Crippen molar-refractivity contribution in [3.8, 4) is 0 Å². The van der Waals surface area contributed by atoms with Crippen LogP contribution in [0.1, 0.15) is 5.82 Å². The number of carbonyl (C=O) groups is 3. The predicted molar refractivity (Wildman–Crippen MR) is 134 cm³/mol. The maximum Gasteiger partial charge on any atom is 0.457 e. The number of nitrogens with one attached hydrogen (secondary N) is 1. The van der Waals surface area contributed by atoms with Crippen molar-refractivity contribution in [2.45, 2.75) is 36.6 Å². The Kier molecular flexibility index (Phi) is 8.59. The summed E-state index contributed by atoms with van der Waals surface area (Å²) < 4.78 is 70.6. The molecule has 2 aromatic rings. The zero-order chi connectivity index (χ0) is 31.0. The van der Waals surface area contributed by atoms with Gasteiger partial charge in [0.2, 0.25) is 11.5 Å². The third kappa shape index (κ3) is 5.94. The van der Waals surface area contributed by atoms with Gasteiger partial charge in [-0.25, -0.2) is 4.79 Å². The summed E-state index contributed by atoms with van der Waals surface area (Å²) in [5.74, 6) is -9.00. The molecule has 0 saturated carbocycles. The minimum absolute atomic E-state index is 0.00693. The Hall–Kier alpha value is -4.05. The minimum atomic E-state index is -5.95. The minimum Gasteiger partial charge on any atom is -0.477 e. The number of halogens is 5. The fourth-order valence-electron chi connectivity index (χ4n) is 3.95. The molecule has 42 heavy (non-hydrogen) atoms. The van der Waals surface area contributed by atoms with Crippen molar-refractivity contribution < 1.29 is 56.1 Å². The first kappa shape index (κ1) is 30.9. The van der Waals surface area contributed by atoms with Crippen LogP contribution in [0.4, 0.5) is 32.9 Å². The van der Waals surface area contributed by atoms with E-state index in [1.807, 2.05) is 0 Å². The number of rotatable bonds is 11. The molecule has 0 radical (unpaired) electrons. The number of carboxylic acids is 1. The van der Waals surface area contributed by atoms with Crippen LogP contribution in [0.5, 0.6) is 0 Å². The number of β-lactam (4-membered cyclic amide) rings is 1. The number of alkyl halides is 5. The third-order valence-corrected chi connectivity index (χ3v) is 7.79. The smallest absolute Gasteiger partial charge is 0.457 e. The molecule has 0 spiro atoms. The van der Waals surface area contributed by atoms with Crippen LogP contribution in [0, 0.1) is 0 Å². The van der Waals surface area contributed by atoms with Gasteiger partial charge in [0, 0.05) is 22.9 Å². The largest absolute Gasteiger partial charge is 0.477 e. The van der Waals surface area contributed by atoms with E-state index in [0.717, 1.165) is 16.7 Å². The molecule has 4 heterocycles. The van der Waals surface area contributed by atoms with Crippen molar-refractivity contribution in [1.82, 2.24) is 24.3 Å². The topological polar surface area (TPSA) is 215 Å². The Morgan fingerprint density at radius 1 is 1.29 bits per heavy atom. The van der Waals surface area contributed by atoms with E-state index >= 15 is 0 Å². The Morgan fingerprint density at radius 3 is 2.60 bits per heavy atom. The number of oxime groups is 1. The van der Waals surface area contributed by atoms with Gasteiger partial charge >= 0.3 is 18.1 Å². The zero-order valence-electron chi connectivity index (χ0n) is 20.9. The first-order valence-electron chi connectivity index (χ1n) is 11.6. The molecule has 22 heteroatoms. The highest BCUT2D eigenvalue weighted by Gasteiger charge is 2.59. The lowest BCUT2D eigenvalue weighted by atomic mass is 10.0. The molecule has 1 fully saturated rings. The van der Waals surface area contributed by atoms with Crippen LogP contribution in [0.25, 0.3) is 0 Å². The van der Waals surface area contributed by atoms with Crippen molar-refractivity contribution in [2.24, 2.45) is 5.16 Å². The van der Waals surface area contributed by atoms with Gasteiger partial charge in [-0.05, 0) is 0 Å². The number of aliphatic hydroxyl groups excluding tert-OH is 1. The molecule has 2 aromatic heterocycles. The van der Waals surface area contributed by atoms with Gasteiger partial charge in [-0.1, -0.05) is 5.16 Å². The molecule has 0 unspecified atom stereocenters. The number of fused-ring (bicyclic) bond motifs is 1. The molecular formula is C20H21F5N9O6S2+. The van der Waals surface area contributed by atoms with E-state index in [1.165, 1.54) is 4.68 Å². The second-order valence-corrected chi connectivity index (χ2v) is 10.6. The number of thioether (sulfide) groups is 1. The first-order chi connectivity index (χ1) is 19.7. The molecular weight excluding hydrogens is 621 g/mol. The van der Waals surface area contributed by atoms with E-state index in [4.69, 9.17) is 11.5 Å². The predicted octanol–water partition coefficient (Wildman–Crippen LogP) is -0.859. The number of nitrogens with two attached hydrogens (primary N) is 2. The van der Waals surface area contributed by atoms with Crippen LogP contribution in [-0.4, -0.2) is 95.1 Å².